The molecule has 2 fully saturated rings. The molecule has 20 heavy (non-hydrogen) atoms. The highest BCUT2D eigenvalue weighted by atomic mass is 16.7. The quantitative estimate of drug-likeness (QED) is 0.588. The van der Waals surface area contributed by atoms with Crippen LogP contribution < -0.4 is 0 Å². The van der Waals surface area contributed by atoms with Crippen molar-refractivity contribution >= 4 is 11.6 Å². The summed E-state index contributed by atoms with van der Waals surface area (Å²) in [7, 11) is 0. The van der Waals surface area contributed by atoms with Gasteiger partial charge in [-0.1, -0.05) is 0 Å². The van der Waals surface area contributed by atoms with E-state index in [0.29, 0.717) is 24.4 Å². The second kappa shape index (κ2) is 10.7. The van der Waals surface area contributed by atoms with E-state index in [1.165, 1.54) is 0 Å². The molecule has 2 rings (SSSR count). The van der Waals surface area contributed by atoms with Gasteiger partial charge in [-0.15, -0.1) is 13.2 Å². The van der Waals surface area contributed by atoms with Crippen molar-refractivity contribution in [3.8, 4) is 0 Å². The van der Waals surface area contributed by atoms with Gasteiger partial charge in [-0.3, -0.25) is 9.59 Å². The van der Waals surface area contributed by atoms with Crippen molar-refractivity contribution in [2.24, 2.45) is 11.8 Å². The molecule has 0 aromatic rings. The lowest BCUT2D eigenvalue weighted by molar-refractivity contribution is -0.124. The first-order chi connectivity index (χ1) is 9.60. The Balaban J connectivity index is 0.000000330. The van der Waals surface area contributed by atoms with Crippen molar-refractivity contribution in [2.45, 2.75) is 52.7 Å². The summed E-state index contributed by atoms with van der Waals surface area (Å²) in [5.74, 6) is 0.923. The van der Waals surface area contributed by atoms with Crippen LogP contribution >= 0.6 is 0 Å². The van der Waals surface area contributed by atoms with Gasteiger partial charge in [-0.25, -0.2) is 0 Å². The van der Waals surface area contributed by atoms with Crippen LogP contribution in [0.5, 0.6) is 0 Å². The van der Waals surface area contributed by atoms with Gasteiger partial charge in [0.1, 0.15) is 11.6 Å². The maximum absolute atomic E-state index is 11.0. The minimum absolute atomic E-state index is 0.0370. The van der Waals surface area contributed by atoms with Crippen molar-refractivity contribution in [1.29, 1.82) is 0 Å². The van der Waals surface area contributed by atoms with E-state index in [1.807, 2.05) is 20.8 Å². The van der Waals surface area contributed by atoms with Gasteiger partial charge in [0.15, 0.2) is 6.29 Å². The summed E-state index contributed by atoms with van der Waals surface area (Å²) in [6, 6.07) is 0. The first-order valence-electron chi connectivity index (χ1n) is 7.38. The fourth-order valence-corrected chi connectivity index (χ4v) is 2.66. The van der Waals surface area contributed by atoms with E-state index in [2.05, 4.69) is 13.2 Å². The van der Waals surface area contributed by atoms with Crippen molar-refractivity contribution in [2.75, 3.05) is 13.2 Å². The number of ether oxygens (including phenoxy) is 2. The molecule has 0 N–H and O–H groups in total. The van der Waals surface area contributed by atoms with Crippen LogP contribution in [-0.4, -0.2) is 31.1 Å². The average Bonchev–Trinajstić information content (AvgIpc) is 2.98. The molecule has 4 heteroatoms. The molecule has 2 atom stereocenters. The van der Waals surface area contributed by atoms with Crippen LogP contribution in [0.15, 0.2) is 13.2 Å². The Labute approximate surface area is 122 Å². The Bertz CT molecular complexity index is 273. The van der Waals surface area contributed by atoms with Crippen LogP contribution in [0.3, 0.4) is 0 Å². The number of hydrogen-bond donors (Lipinski definition) is 0. The molecule has 0 saturated heterocycles. The lowest BCUT2D eigenvalue weighted by Gasteiger charge is -2.09. The predicted molar refractivity (Wildman–Crippen MR) is 79.4 cm³/mol. The maximum Gasteiger partial charge on any atom is 0.154 e. The third-order valence-corrected chi connectivity index (χ3v) is 3.52. The lowest BCUT2D eigenvalue weighted by atomic mass is 10.00. The van der Waals surface area contributed by atoms with E-state index in [1.54, 1.807) is 0 Å². The molecule has 0 heterocycles. The van der Waals surface area contributed by atoms with Gasteiger partial charge < -0.3 is 9.47 Å². The normalized spacial score (nSPS) is 23.8. The van der Waals surface area contributed by atoms with Crippen LogP contribution in [0.4, 0.5) is 0 Å². The van der Waals surface area contributed by atoms with Gasteiger partial charge in [0.2, 0.25) is 0 Å². The zero-order valence-corrected chi connectivity index (χ0v) is 13.0. The molecule has 0 aliphatic heterocycles. The Morgan fingerprint density at radius 2 is 1.35 bits per heavy atom. The molecule has 2 aliphatic rings. The van der Waals surface area contributed by atoms with Gasteiger partial charge in [-0.05, 0) is 33.6 Å². The lowest BCUT2D eigenvalue weighted by Crippen LogP contribution is -2.11. The average molecular weight is 284 g/mol. The number of carbonyl (C=O) groups is 2. The fourth-order valence-electron chi connectivity index (χ4n) is 2.66. The third kappa shape index (κ3) is 5.97. The molecule has 2 unspecified atom stereocenters. The monoisotopic (exact) mass is 284 g/mol. The summed E-state index contributed by atoms with van der Waals surface area (Å²) in [5, 5.41) is 0. The molecule has 0 spiro atoms. The topological polar surface area (TPSA) is 52.6 Å². The fraction of sp³-hybridized carbons (Fsp3) is 0.750. The molecule has 2 aliphatic carbocycles. The summed E-state index contributed by atoms with van der Waals surface area (Å²) in [5.41, 5.74) is 0. The summed E-state index contributed by atoms with van der Waals surface area (Å²) >= 11 is 0. The molecular formula is C16H28O4. The van der Waals surface area contributed by atoms with Gasteiger partial charge in [0.25, 0.3) is 0 Å². The van der Waals surface area contributed by atoms with Crippen molar-refractivity contribution < 1.29 is 19.1 Å². The Kier molecular flexibility index (Phi) is 10.2. The number of carbonyl (C=O) groups excluding carboxylic acids is 2. The largest absolute Gasteiger partial charge is 0.353 e. The second-order valence-electron chi connectivity index (χ2n) is 4.70. The van der Waals surface area contributed by atoms with Gasteiger partial charge in [0.05, 0.1) is 0 Å². The van der Waals surface area contributed by atoms with Gasteiger partial charge in [0, 0.05) is 37.9 Å². The predicted octanol–water partition coefficient (Wildman–Crippen LogP) is 3.15. The van der Waals surface area contributed by atoms with Gasteiger partial charge in [-0.2, -0.15) is 0 Å². The highest BCUT2D eigenvalue weighted by Gasteiger charge is 2.43. The van der Waals surface area contributed by atoms with Crippen molar-refractivity contribution in [3.05, 3.63) is 13.2 Å². The first-order valence-corrected chi connectivity index (χ1v) is 7.38. The second-order valence-corrected chi connectivity index (χ2v) is 4.70. The molecule has 2 saturated carbocycles. The molecule has 0 radical (unpaired) electrons. The van der Waals surface area contributed by atoms with E-state index in [9.17, 15) is 9.59 Å². The molecule has 116 valence electrons. The smallest absolute Gasteiger partial charge is 0.154 e. The van der Waals surface area contributed by atoms with Crippen LogP contribution in [0.25, 0.3) is 0 Å². The molecular weight excluding hydrogens is 256 g/mol. The Morgan fingerprint density at radius 3 is 1.65 bits per heavy atom. The highest BCUT2D eigenvalue weighted by Crippen LogP contribution is 2.39. The number of Topliss-reactive ketones (excluding diaryl/α,β-unsaturated/α-hetero) is 2. The van der Waals surface area contributed by atoms with E-state index in [4.69, 9.17) is 9.47 Å². The van der Waals surface area contributed by atoms with E-state index in [-0.39, 0.29) is 18.1 Å². The SMILES string of the molecule is C=C.CCOC(C)OCC.O=C1CCC2C(=O)CCC12. The summed E-state index contributed by atoms with van der Waals surface area (Å²) < 4.78 is 10.1. The van der Waals surface area contributed by atoms with E-state index < -0.39 is 0 Å². The molecule has 4 nitrogen and oxygen atoms in total. The van der Waals surface area contributed by atoms with Crippen molar-refractivity contribution in [3.63, 3.8) is 0 Å². The number of hydrogen-bond acceptors (Lipinski definition) is 4. The Morgan fingerprint density at radius 1 is 1.00 bits per heavy atom. The van der Waals surface area contributed by atoms with Crippen molar-refractivity contribution in [1.82, 2.24) is 0 Å². The van der Waals surface area contributed by atoms with Crippen LogP contribution in [0, 0.1) is 11.8 Å². The zero-order chi connectivity index (χ0) is 15.5. The third-order valence-electron chi connectivity index (χ3n) is 3.52. The number of fused-ring (bicyclic) bond motifs is 1. The van der Waals surface area contributed by atoms with Crippen LogP contribution in [-0.2, 0) is 19.1 Å². The molecule has 0 amide bonds. The zero-order valence-electron chi connectivity index (χ0n) is 13.0. The molecule has 0 aromatic heterocycles. The molecule has 0 bridgehead atoms. The molecule has 0 aromatic carbocycles. The minimum Gasteiger partial charge on any atom is -0.353 e. The standard InChI is InChI=1S/C8H10O2.C6H14O2.C2H4/c9-7-3-1-5-6(7)2-4-8(5)10;1-4-7-6(3)8-5-2;1-2/h5-6H,1-4H2;6H,4-5H2,1-3H3;1-2H2. The first kappa shape index (κ1) is 19.0. The summed E-state index contributed by atoms with van der Waals surface area (Å²) in [6.07, 6.45) is 2.94. The van der Waals surface area contributed by atoms with Crippen LogP contribution in [0.1, 0.15) is 46.5 Å². The maximum atomic E-state index is 11.0. The summed E-state index contributed by atoms with van der Waals surface area (Å²) in [4.78, 5) is 22.1. The highest BCUT2D eigenvalue weighted by molar-refractivity contribution is 5.95. The minimum atomic E-state index is -0.0370. The van der Waals surface area contributed by atoms with Gasteiger partial charge >= 0.3 is 0 Å². The number of rotatable bonds is 4. The van der Waals surface area contributed by atoms with Crippen LogP contribution in [0.2, 0.25) is 0 Å². The van der Waals surface area contributed by atoms with E-state index >= 15 is 0 Å². The van der Waals surface area contributed by atoms with E-state index in [0.717, 1.165) is 26.1 Å². The summed E-state index contributed by atoms with van der Waals surface area (Å²) in [6.45, 7) is 13.3. The Hall–Kier alpha value is -1.00. The number of ketones is 2.